The van der Waals surface area contributed by atoms with Crippen LogP contribution in [0.1, 0.15) is 5.56 Å². The fraction of sp³-hybridized carbons (Fsp3) is 0.182. The molecule has 1 aromatic carbocycles. The molecular formula is C11H13N3O3S. The van der Waals surface area contributed by atoms with Gasteiger partial charge >= 0.3 is 5.97 Å². The van der Waals surface area contributed by atoms with Crippen LogP contribution in [0.3, 0.4) is 0 Å². The van der Waals surface area contributed by atoms with Crippen LogP contribution < -0.4 is 15.9 Å². The first-order chi connectivity index (χ1) is 8.52. The third-order valence-electron chi connectivity index (χ3n) is 2.08. The quantitative estimate of drug-likeness (QED) is 0.408. The van der Waals surface area contributed by atoms with Gasteiger partial charge in [0, 0.05) is 6.42 Å². The number of carboxylic acid groups (broad SMARTS) is 1. The van der Waals surface area contributed by atoms with E-state index >= 15 is 0 Å². The van der Waals surface area contributed by atoms with Crippen molar-refractivity contribution in [1.82, 2.24) is 5.43 Å². The fourth-order valence-electron chi connectivity index (χ4n) is 1.22. The molecule has 0 unspecified atom stereocenters. The summed E-state index contributed by atoms with van der Waals surface area (Å²) in [6.07, 6.45) is 0.162. The van der Waals surface area contributed by atoms with Crippen LogP contribution in [0, 0.1) is 0 Å². The molecule has 18 heavy (non-hydrogen) atoms. The minimum Gasteiger partial charge on any atom is -0.497 e. The van der Waals surface area contributed by atoms with Gasteiger partial charge in [-0.15, -0.1) is 0 Å². The van der Waals surface area contributed by atoms with Crippen LogP contribution in [0.15, 0.2) is 29.4 Å². The van der Waals surface area contributed by atoms with E-state index in [1.54, 1.807) is 31.4 Å². The van der Waals surface area contributed by atoms with Crippen molar-refractivity contribution in [3.8, 4) is 5.75 Å². The van der Waals surface area contributed by atoms with E-state index in [-0.39, 0.29) is 17.2 Å². The number of nitrogens with one attached hydrogen (secondary N) is 1. The van der Waals surface area contributed by atoms with Gasteiger partial charge in [-0.2, -0.15) is 5.10 Å². The third-order valence-corrected chi connectivity index (χ3v) is 2.17. The van der Waals surface area contributed by atoms with Crippen molar-refractivity contribution in [2.45, 2.75) is 6.42 Å². The molecule has 0 radical (unpaired) electrons. The molecule has 0 heterocycles. The van der Waals surface area contributed by atoms with E-state index in [1.807, 2.05) is 0 Å². The Hall–Kier alpha value is -2.15. The normalized spacial score (nSPS) is 10.8. The zero-order chi connectivity index (χ0) is 13.5. The highest BCUT2D eigenvalue weighted by Crippen LogP contribution is 2.12. The largest absolute Gasteiger partial charge is 0.497 e. The topological polar surface area (TPSA) is 96.9 Å². The lowest BCUT2D eigenvalue weighted by atomic mass is 10.1. The third kappa shape index (κ3) is 4.38. The van der Waals surface area contributed by atoms with E-state index in [4.69, 9.17) is 15.6 Å². The first-order valence-corrected chi connectivity index (χ1v) is 5.42. The van der Waals surface area contributed by atoms with Crippen LogP contribution >= 0.6 is 12.2 Å². The highest BCUT2D eigenvalue weighted by molar-refractivity contribution is 7.80. The van der Waals surface area contributed by atoms with E-state index in [1.165, 1.54) is 0 Å². The molecule has 96 valence electrons. The predicted molar refractivity (Wildman–Crippen MR) is 71.7 cm³/mol. The molecule has 0 aliphatic heterocycles. The molecule has 1 aromatic rings. The van der Waals surface area contributed by atoms with Gasteiger partial charge in [0.2, 0.25) is 0 Å². The number of hydrogen-bond donors (Lipinski definition) is 3. The zero-order valence-electron chi connectivity index (χ0n) is 9.71. The summed E-state index contributed by atoms with van der Waals surface area (Å²) in [5.41, 5.74) is 8.15. The summed E-state index contributed by atoms with van der Waals surface area (Å²) in [5.74, 6) is -0.427. The van der Waals surface area contributed by atoms with Crippen LogP contribution in [0.25, 0.3) is 0 Å². The Labute approximate surface area is 109 Å². The number of hydrogen-bond acceptors (Lipinski definition) is 4. The monoisotopic (exact) mass is 267 g/mol. The minimum atomic E-state index is -1.13. The smallest absolute Gasteiger partial charge is 0.352 e. The molecule has 6 nitrogen and oxygen atoms in total. The number of nitrogens with zero attached hydrogens (tertiary/aromatic N) is 1. The number of rotatable bonds is 5. The fourth-order valence-corrected chi connectivity index (χ4v) is 1.27. The Kier molecular flexibility index (Phi) is 5.06. The number of nitrogens with two attached hydrogens (primary N) is 1. The van der Waals surface area contributed by atoms with Crippen LogP contribution in [0.2, 0.25) is 0 Å². The SMILES string of the molecule is COc1ccc(CC(=NNC(N)=S)C(=O)O)cc1. The summed E-state index contributed by atoms with van der Waals surface area (Å²) >= 11 is 4.55. The first kappa shape index (κ1) is 13.9. The second-order valence-corrected chi connectivity index (χ2v) is 3.80. The summed E-state index contributed by atoms with van der Waals surface area (Å²) in [5, 5.41) is 12.5. The predicted octanol–water partition coefficient (Wildman–Crippen LogP) is 0.511. The summed E-state index contributed by atoms with van der Waals surface area (Å²) in [7, 11) is 1.56. The molecule has 0 aliphatic carbocycles. The highest BCUT2D eigenvalue weighted by Gasteiger charge is 2.10. The maximum atomic E-state index is 11.0. The van der Waals surface area contributed by atoms with Gasteiger partial charge in [0.15, 0.2) is 5.11 Å². The van der Waals surface area contributed by atoms with Crippen molar-refractivity contribution in [3.63, 3.8) is 0 Å². The summed E-state index contributed by atoms with van der Waals surface area (Å²) in [4.78, 5) is 11.0. The molecule has 4 N–H and O–H groups in total. The molecule has 1 rings (SSSR count). The maximum Gasteiger partial charge on any atom is 0.352 e. The summed E-state index contributed by atoms with van der Waals surface area (Å²) in [6, 6.07) is 7.02. The lowest BCUT2D eigenvalue weighted by Crippen LogP contribution is -2.28. The number of methoxy groups -OCH3 is 1. The minimum absolute atomic E-state index is 0.0760. The number of thiocarbonyl (C=S) groups is 1. The molecule has 7 heteroatoms. The molecule has 0 fully saturated rings. The number of hydrazone groups is 1. The summed E-state index contributed by atoms with van der Waals surface area (Å²) < 4.78 is 5.01. The number of benzene rings is 1. The van der Waals surface area contributed by atoms with Gasteiger partial charge in [-0.3, -0.25) is 5.43 Å². The van der Waals surface area contributed by atoms with Gasteiger partial charge in [-0.1, -0.05) is 12.1 Å². The molecular weight excluding hydrogens is 254 g/mol. The van der Waals surface area contributed by atoms with Crippen molar-refractivity contribution in [2.75, 3.05) is 7.11 Å². The van der Waals surface area contributed by atoms with Crippen molar-refractivity contribution < 1.29 is 14.6 Å². The lowest BCUT2D eigenvalue weighted by Gasteiger charge is -2.04. The molecule has 0 saturated heterocycles. The molecule has 0 amide bonds. The van der Waals surface area contributed by atoms with Gasteiger partial charge in [-0.25, -0.2) is 4.79 Å². The number of ether oxygens (including phenoxy) is 1. The number of carbonyl (C=O) groups is 1. The van der Waals surface area contributed by atoms with Crippen molar-refractivity contribution >= 4 is 29.0 Å². The zero-order valence-corrected chi connectivity index (χ0v) is 10.5. The molecule has 0 aromatic heterocycles. The average Bonchev–Trinajstić information content (AvgIpc) is 2.34. The molecule has 0 atom stereocenters. The Morgan fingerprint density at radius 1 is 1.50 bits per heavy atom. The van der Waals surface area contributed by atoms with Crippen molar-refractivity contribution in [2.24, 2.45) is 10.8 Å². The Bertz CT molecular complexity index is 471. The van der Waals surface area contributed by atoms with Gasteiger partial charge < -0.3 is 15.6 Å². The van der Waals surface area contributed by atoms with Crippen molar-refractivity contribution in [1.29, 1.82) is 0 Å². The molecule has 0 bridgehead atoms. The molecule has 0 saturated carbocycles. The molecule has 0 spiro atoms. The standard InChI is InChI=1S/C11H13N3O3S/c1-17-8-4-2-7(3-5-8)6-9(10(15)16)13-14-11(12)18/h2-5H,6H2,1H3,(H,15,16)(H3,12,14,18). The Balaban J connectivity index is 2.79. The highest BCUT2D eigenvalue weighted by atomic mass is 32.1. The second kappa shape index (κ2) is 6.55. The van der Waals surface area contributed by atoms with Crippen LogP contribution in [-0.2, 0) is 11.2 Å². The van der Waals surface area contributed by atoms with E-state index in [9.17, 15) is 4.79 Å². The van der Waals surface area contributed by atoms with Gasteiger partial charge in [0.05, 0.1) is 7.11 Å². The number of aliphatic carboxylic acids is 1. The maximum absolute atomic E-state index is 11.0. The Morgan fingerprint density at radius 3 is 2.56 bits per heavy atom. The summed E-state index contributed by atoms with van der Waals surface area (Å²) in [6.45, 7) is 0. The molecule has 0 aliphatic rings. The Morgan fingerprint density at radius 2 is 2.11 bits per heavy atom. The first-order valence-electron chi connectivity index (χ1n) is 5.01. The second-order valence-electron chi connectivity index (χ2n) is 3.36. The van der Waals surface area contributed by atoms with Gasteiger partial charge in [0.1, 0.15) is 11.5 Å². The lowest BCUT2D eigenvalue weighted by molar-refractivity contribution is -0.129. The van der Waals surface area contributed by atoms with E-state index in [0.29, 0.717) is 5.75 Å². The van der Waals surface area contributed by atoms with Crippen LogP contribution in [-0.4, -0.2) is 29.0 Å². The van der Waals surface area contributed by atoms with E-state index in [2.05, 4.69) is 22.7 Å². The number of carboxylic acids is 1. The van der Waals surface area contributed by atoms with E-state index in [0.717, 1.165) is 5.56 Å². The van der Waals surface area contributed by atoms with E-state index < -0.39 is 5.97 Å². The van der Waals surface area contributed by atoms with Gasteiger partial charge in [-0.05, 0) is 29.9 Å². The van der Waals surface area contributed by atoms with Crippen molar-refractivity contribution in [3.05, 3.63) is 29.8 Å². The van der Waals surface area contributed by atoms with Crippen LogP contribution in [0.4, 0.5) is 0 Å². The van der Waals surface area contributed by atoms with Crippen LogP contribution in [0.5, 0.6) is 5.75 Å². The average molecular weight is 267 g/mol. The van der Waals surface area contributed by atoms with Gasteiger partial charge in [0.25, 0.3) is 0 Å².